The predicted molar refractivity (Wildman–Crippen MR) is 78.1 cm³/mol. The number of nitrogens with zero attached hydrogens (tertiary/aromatic N) is 1. The van der Waals surface area contributed by atoms with E-state index in [0.717, 1.165) is 5.56 Å². The molecular weight excluding hydrogens is 300 g/mol. The van der Waals surface area contributed by atoms with Crippen molar-refractivity contribution in [2.75, 3.05) is 20.2 Å². The highest BCUT2D eigenvalue weighted by Gasteiger charge is 2.30. The summed E-state index contributed by atoms with van der Waals surface area (Å²) in [5.41, 5.74) is 6.31. The average Bonchev–Trinajstić information content (AvgIpc) is 2.47. The lowest BCUT2D eigenvalue weighted by atomic mass is 10.1. The molecular formula is C13H19ClN2O3S. The fraction of sp³-hybridized carbons (Fsp3) is 0.538. The fourth-order valence-electron chi connectivity index (χ4n) is 2.32. The van der Waals surface area contributed by atoms with E-state index in [2.05, 4.69) is 0 Å². The van der Waals surface area contributed by atoms with Gasteiger partial charge >= 0.3 is 0 Å². The molecule has 0 bridgehead atoms. The number of methoxy groups -OCH3 is 1. The van der Waals surface area contributed by atoms with Crippen molar-refractivity contribution in [2.24, 2.45) is 5.73 Å². The highest BCUT2D eigenvalue weighted by Crippen LogP contribution is 2.28. The van der Waals surface area contributed by atoms with Gasteiger partial charge in [0.05, 0.1) is 11.1 Å². The van der Waals surface area contributed by atoms with Gasteiger partial charge in [0.1, 0.15) is 4.90 Å². The van der Waals surface area contributed by atoms with Gasteiger partial charge in [-0.2, -0.15) is 4.31 Å². The number of halogens is 1. The smallest absolute Gasteiger partial charge is 0.244 e. The molecule has 0 amide bonds. The van der Waals surface area contributed by atoms with Gasteiger partial charge < -0.3 is 10.5 Å². The summed E-state index contributed by atoms with van der Waals surface area (Å²) < 4.78 is 32.0. The largest absolute Gasteiger partial charge is 0.381 e. The zero-order chi connectivity index (χ0) is 14.8. The van der Waals surface area contributed by atoms with Crippen LogP contribution in [0.4, 0.5) is 0 Å². The molecule has 20 heavy (non-hydrogen) atoms. The minimum Gasteiger partial charge on any atom is -0.381 e. The normalized spacial score (nSPS) is 18.4. The summed E-state index contributed by atoms with van der Waals surface area (Å²) in [5, 5.41) is 0.232. The van der Waals surface area contributed by atoms with Crippen molar-refractivity contribution in [2.45, 2.75) is 30.4 Å². The lowest BCUT2D eigenvalue weighted by Crippen LogP contribution is -2.40. The Morgan fingerprint density at radius 2 is 2.05 bits per heavy atom. The molecule has 0 spiro atoms. The van der Waals surface area contributed by atoms with Crippen molar-refractivity contribution in [1.82, 2.24) is 4.31 Å². The molecule has 5 nitrogen and oxygen atoms in total. The Balaban J connectivity index is 2.27. The molecule has 112 valence electrons. The van der Waals surface area contributed by atoms with E-state index in [9.17, 15) is 8.42 Å². The van der Waals surface area contributed by atoms with Gasteiger partial charge in [-0.25, -0.2) is 8.42 Å². The summed E-state index contributed by atoms with van der Waals surface area (Å²) in [5.74, 6) is 0. The third kappa shape index (κ3) is 3.15. The van der Waals surface area contributed by atoms with Crippen molar-refractivity contribution in [3.8, 4) is 0 Å². The Morgan fingerprint density at radius 3 is 2.60 bits per heavy atom. The van der Waals surface area contributed by atoms with Crippen LogP contribution in [0.2, 0.25) is 5.02 Å². The van der Waals surface area contributed by atoms with Gasteiger partial charge in [-0.3, -0.25) is 0 Å². The second-order valence-electron chi connectivity index (χ2n) is 4.81. The second-order valence-corrected chi connectivity index (χ2v) is 7.12. The van der Waals surface area contributed by atoms with E-state index < -0.39 is 10.0 Å². The average molecular weight is 319 g/mol. The first-order valence-corrected chi connectivity index (χ1v) is 8.32. The van der Waals surface area contributed by atoms with E-state index in [0.29, 0.717) is 25.9 Å². The molecule has 1 aliphatic rings. The molecule has 1 fully saturated rings. The molecule has 1 aromatic carbocycles. The van der Waals surface area contributed by atoms with Gasteiger partial charge in [0.25, 0.3) is 0 Å². The predicted octanol–water partition coefficient (Wildman–Crippen LogP) is 1.60. The summed E-state index contributed by atoms with van der Waals surface area (Å²) in [4.78, 5) is 0.137. The minimum atomic E-state index is -3.57. The molecule has 0 aromatic heterocycles. The third-order valence-corrected chi connectivity index (χ3v) is 5.96. The minimum absolute atomic E-state index is 0.132. The molecule has 1 aliphatic heterocycles. The molecule has 0 radical (unpaired) electrons. The maximum atomic E-state index is 12.6. The Hall–Kier alpha value is -0.660. The van der Waals surface area contributed by atoms with E-state index in [1.807, 2.05) is 0 Å². The second kappa shape index (κ2) is 6.41. The van der Waals surface area contributed by atoms with Crippen LogP contribution in [-0.2, 0) is 21.3 Å². The summed E-state index contributed by atoms with van der Waals surface area (Å²) in [6.45, 7) is 1.18. The lowest BCUT2D eigenvalue weighted by Gasteiger charge is -2.30. The van der Waals surface area contributed by atoms with Gasteiger partial charge in [-0.15, -0.1) is 0 Å². The van der Waals surface area contributed by atoms with Crippen molar-refractivity contribution >= 4 is 21.6 Å². The monoisotopic (exact) mass is 318 g/mol. The zero-order valence-electron chi connectivity index (χ0n) is 11.4. The van der Waals surface area contributed by atoms with Crippen molar-refractivity contribution in [3.63, 3.8) is 0 Å². The van der Waals surface area contributed by atoms with Crippen LogP contribution in [0.25, 0.3) is 0 Å². The Labute approximate surface area is 124 Å². The van der Waals surface area contributed by atoms with Crippen LogP contribution < -0.4 is 5.73 Å². The van der Waals surface area contributed by atoms with E-state index in [-0.39, 0.29) is 22.6 Å². The first-order valence-electron chi connectivity index (χ1n) is 6.50. The van der Waals surface area contributed by atoms with Gasteiger partial charge in [-0.1, -0.05) is 17.7 Å². The molecule has 0 atom stereocenters. The Kier molecular flexibility index (Phi) is 5.04. The molecule has 0 unspecified atom stereocenters. The van der Waals surface area contributed by atoms with E-state index in [4.69, 9.17) is 22.1 Å². The highest BCUT2D eigenvalue weighted by atomic mass is 35.5. The first kappa shape index (κ1) is 15.7. The molecule has 1 saturated heterocycles. The van der Waals surface area contributed by atoms with Gasteiger partial charge in [-0.05, 0) is 30.5 Å². The zero-order valence-corrected chi connectivity index (χ0v) is 13.0. The maximum Gasteiger partial charge on any atom is 0.244 e. The third-order valence-electron chi connectivity index (χ3n) is 3.58. The molecule has 1 heterocycles. The molecule has 0 aliphatic carbocycles. The number of piperidine rings is 1. The number of sulfonamides is 1. The fourth-order valence-corrected chi connectivity index (χ4v) is 4.31. The topological polar surface area (TPSA) is 72.6 Å². The Bertz CT molecular complexity index is 569. The van der Waals surface area contributed by atoms with Crippen LogP contribution in [0.3, 0.4) is 0 Å². The number of ether oxygens (including phenoxy) is 1. The van der Waals surface area contributed by atoms with Gasteiger partial charge in [0, 0.05) is 26.7 Å². The number of nitrogens with two attached hydrogens (primary N) is 1. The van der Waals surface area contributed by atoms with Gasteiger partial charge in [0.2, 0.25) is 10.0 Å². The summed E-state index contributed by atoms with van der Waals surface area (Å²) in [7, 11) is -1.92. The molecule has 2 rings (SSSR count). The van der Waals surface area contributed by atoms with E-state index in [1.165, 1.54) is 4.31 Å². The standard InChI is InChI=1S/C13H19ClN2O3S/c1-19-11-4-6-16(7-5-11)20(17,18)13-8-10(9-15)2-3-12(13)14/h2-3,8,11H,4-7,9,15H2,1H3. The summed E-state index contributed by atoms with van der Waals surface area (Å²) in [6.07, 6.45) is 1.53. The van der Waals surface area contributed by atoms with Crippen molar-refractivity contribution in [1.29, 1.82) is 0 Å². The van der Waals surface area contributed by atoms with Crippen LogP contribution in [0.1, 0.15) is 18.4 Å². The van der Waals surface area contributed by atoms with Crippen molar-refractivity contribution in [3.05, 3.63) is 28.8 Å². The Morgan fingerprint density at radius 1 is 1.40 bits per heavy atom. The first-order chi connectivity index (χ1) is 9.48. The lowest BCUT2D eigenvalue weighted by molar-refractivity contribution is 0.0604. The van der Waals surface area contributed by atoms with E-state index >= 15 is 0 Å². The molecule has 0 saturated carbocycles. The van der Waals surface area contributed by atoms with Crippen LogP contribution in [-0.4, -0.2) is 39.0 Å². The number of hydrogen-bond donors (Lipinski definition) is 1. The quantitative estimate of drug-likeness (QED) is 0.915. The van der Waals surface area contributed by atoms with E-state index in [1.54, 1.807) is 25.3 Å². The summed E-state index contributed by atoms with van der Waals surface area (Å²) in [6, 6.07) is 4.87. The summed E-state index contributed by atoms with van der Waals surface area (Å²) >= 11 is 6.04. The maximum absolute atomic E-state index is 12.6. The number of hydrogen-bond acceptors (Lipinski definition) is 4. The SMILES string of the molecule is COC1CCN(S(=O)(=O)c2cc(CN)ccc2Cl)CC1. The number of benzene rings is 1. The molecule has 7 heteroatoms. The van der Waals surface area contributed by atoms with Crippen LogP contribution >= 0.6 is 11.6 Å². The highest BCUT2D eigenvalue weighted by molar-refractivity contribution is 7.89. The number of rotatable bonds is 4. The molecule has 2 N–H and O–H groups in total. The van der Waals surface area contributed by atoms with Crippen LogP contribution in [0.15, 0.2) is 23.1 Å². The van der Waals surface area contributed by atoms with Crippen LogP contribution in [0, 0.1) is 0 Å². The van der Waals surface area contributed by atoms with Gasteiger partial charge in [0.15, 0.2) is 0 Å². The van der Waals surface area contributed by atoms with Crippen LogP contribution in [0.5, 0.6) is 0 Å². The molecule has 1 aromatic rings. The van der Waals surface area contributed by atoms with Crippen molar-refractivity contribution < 1.29 is 13.2 Å².